The highest BCUT2D eigenvalue weighted by molar-refractivity contribution is 5.85. The molecule has 8 heteroatoms. The fourth-order valence-electron chi connectivity index (χ4n) is 1.55. The van der Waals surface area contributed by atoms with E-state index in [1.807, 2.05) is 25.1 Å². The molecule has 1 heterocycles. The van der Waals surface area contributed by atoms with Crippen LogP contribution in [-0.2, 0) is 4.74 Å². The van der Waals surface area contributed by atoms with Gasteiger partial charge in [0.25, 0.3) is 5.88 Å². The molecular formula is C12H16ClN3O4. The number of amides is 1. The average Bonchev–Trinajstić information content (AvgIpc) is 2.76. The molecule has 2 rings (SSSR count). The molecule has 0 saturated carbocycles. The Labute approximate surface area is 121 Å². The monoisotopic (exact) mass is 301 g/mol. The number of primary amides is 1. The quantitative estimate of drug-likeness (QED) is 0.862. The highest BCUT2D eigenvalue weighted by Crippen LogP contribution is 2.25. The van der Waals surface area contributed by atoms with Crippen LogP contribution in [0.3, 0.4) is 0 Å². The molecule has 1 unspecified atom stereocenters. The number of carbonyl (C=O) groups excluding carboxylic acids is 1. The van der Waals surface area contributed by atoms with Crippen molar-refractivity contribution in [1.82, 2.24) is 5.16 Å². The highest BCUT2D eigenvalue weighted by Gasteiger charge is 2.12. The number of aryl methyl sites for hydroxylation is 1. The Morgan fingerprint density at radius 2 is 2.20 bits per heavy atom. The molecule has 2 aromatic rings. The third-order valence-electron chi connectivity index (χ3n) is 2.47. The molecule has 0 radical (unpaired) electrons. The van der Waals surface area contributed by atoms with Crippen molar-refractivity contribution in [3.05, 3.63) is 23.8 Å². The van der Waals surface area contributed by atoms with Crippen LogP contribution < -0.4 is 16.2 Å². The minimum atomic E-state index is -0.863. The van der Waals surface area contributed by atoms with Crippen molar-refractivity contribution in [3.63, 3.8) is 0 Å². The number of rotatable bonds is 5. The zero-order chi connectivity index (χ0) is 13.8. The Morgan fingerprint density at radius 1 is 1.45 bits per heavy atom. The van der Waals surface area contributed by atoms with Crippen LogP contribution in [-0.4, -0.2) is 30.5 Å². The summed E-state index contributed by atoms with van der Waals surface area (Å²) in [7, 11) is 0. The smallest absolute Gasteiger partial charge is 0.404 e. The third kappa shape index (κ3) is 4.01. The van der Waals surface area contributed by atoms with Gasteiger partial charge in [-0.05, 0) is 29.8 Å². The number of nitrogens with two attached hydrogens (primary N) is 2. The first-order chi connectivity index (χ1) is 9.06. The molecule has 0 aliphatic carbocycles. The zero-order valence-electron chi connectivity index (χ0n) is 10.9. The first-order valence-electron chi connectivity index (χ1n) is 5.73. The van der Waals surface area contributed by atoms with Gasteiger partial charge in [0.15, 0.2) is 5.58 Å². The Kier molecular flexibility index (Phi) is 5.60. The lowest BCUT2D eigenvalue weighted by molar-refractivity contribution is 0.136. The van der Waals surface area contributed by atoms with Gasteiger partial charge in [-0.15, -0.1) is 12.4 Å². The van der Waals surface area contributed by atoms with E-state index in [2.05, 4.69) is 9.89 Å². The van der Waals surface area contributed by atoms with Crippen molar-refractivity contribution < 1.29 is 18.8 Å². The molecule has 4 N–H and O–H groups in total. The average molecular weight is 302 g/mol. The van der Waals surface area contributed by atoms with E-state index in [-0.39, 0.29) is 25.6 Å². The molecule has 0 saturated heterocycles. The van der Waals surface area contributed by atoms with Gasteiger partial charge in [0.05, 0.1) is 11.4 Å². The number of hydrogen-bond donors (Lipinski definition) is 2. The van der Waals surface area contributed by atoms with Gasteiger partial charge in [-0.3, -0.25) is 0 Å². The lowest BCUT2D eigenvalue weighted by Crippen LogP contribution is -2.34. The van der Waals surface area contributed by atoms with E-state index in [0.717, 1.165) is 10.9 Å². The van der Waals surface area contributed by atoms with Gasteiger partial charge < -0.3 is 25.5 Å². The summed E-state index contributed by atoms with van der Waals surface area (Å²) in [5, 5.41) is 4.59. The van der Waals surface area contributed by atoms with Crippen LogP contribution in [0.25, 0.3) is 11.0 Å². The number of fused-ring (bicyclic) bond motifs is 1. The molecular weight excluding hydrogens is 286 g/mol. The van der Waals surface area contributed by atoms with E-state index >= 15 is 0 Å². The Balaban J connectivity index is 0.00000200. The van der Waals surface area contributed by atoms with Crippen molar-refractivity contribution in [1.29, 1.82) is 0 Å². The molecule has 1 aromatic carbocycles. The highest BCUT2D eigenvalue weighted by atomic mass is 35.5. The maximum atomic E-state index is 10.4. The second-order valence-corrected chi connectivity index (χ2v) is 4.19. The molecule has 7 nitrogen and oxygen atoms in total. The maximum absolute atomic E-state index is 10.4. The summed E-state index contributed by atoms with van der Waals surface area (Å²) in [5.41, 5.74) is 12.2. The van der Waals surface area contributed by atoms with Crippen LogP contribution in [0.2, 0.25) is 0 Å². The SMILES string of the molecule is Cc1ccc2c(OCC(N)COC(N)=O)noc2c1.Cl. The number of aromatic nitrogens is 1. The number of hydrogen-bond acceptors (Lipinski definition) is 6. The number of carbonyl (C=O) groups is 1. The molecule has 1 aromatic heterocycles. The fourth-order valence-corrected chi connectivity index (χ4v) is 1.55. The predicted octanol–water partition coefficient (Wildman–Crippen LogP) is 1.36. The van der Waals surface area contributed by atoms with Gasteiger partial charge in [0, 0.05) is 0 Å². The summed E-state index contributed by atoms with van der Waals surface area (Å²) in [4.78, 5) is 10.4. The predicted molar refractivity (Wildman–Crippen MR) is 75.0 cm³/mol. The third-order valence-corrected chi connectivity index (χ3v) is 2.47. The molecule has 1 atom stereocenters. The first-order valence-corrected chi connectivity index (χ1v) is 5.73. The summed E-state index contributed by atoms with van der Waals surface area (Å²) in [5.74, 6) is 0.365. The van der Waals surface area contributed by atoms with Gasteiger partial charge in [0.2, 0.25) is 0 Å². The normalized spacial score (nSPS) is 11.7. The van der Waals surface area contributed by atoms with Crippen molar-refractivity contribution >= 4 is 29.5 Å². The summed E-state index contributed by atoms with van der Waals surface area (Å²) in [6.07, 6.45) is -0.863. The zero-order valence-corrected chi connectivity index (χ0v) is 11.7. The minimum absolute atomic E-state index is 0. The summed E-state index contributed by atoms with van der Waals surface area (Å²) in [6, 6.07) is 5.18. The molecule has 0 bridgehead atoms. The molecule has 0 spiro atoms. The molecule has 0 aliphatic heterocycles. The van der Waals surface area contributed by atoms with Gasteiger partial charge in [-0.1, -0.05) is 6.07 Å². The van der Waals surface area contributed by atoms with Crippen LogP contribution in [0, 0.1) is 6.92 Å². The van der Waals surface area contributed by atoms with Gasteiger partial charge in [0.1, 0.15) is 13.2 Å². The Hall–Kier alpha value is -1.99. The van der Waals surface area contributed by atoms with E-state index in [0.29, 0.717) is 11.5 Å². The molecule has 1 amide bonds. The minimum Gasteiger partial charge on any atom is -0.473 e. The largest absolute Gasteiger partial charge is 0.473 e. The number of halogens is 1. The molecule has 110 valence electrons. The van der Waals surface area contributed by atoms with E-state index in [1.165, 1.54) is 0 Å². The Morgan fingerprint density at radius 3 is 2.90 bits per heavy atom. The van der Waals surface area contributed by atoms with Gasteiger partial charge in [-0.2, -0.15) is 0 Å². The molecule has 0 aliphatic rings. The summed E-state index contributed by atoms with van der Waals surface area (Å²) < 4.78 is 15.1. The maximum Gasteiger partial charge on any atom is 0.404 e. The molecule has 0 fully saturated rings. The second kappa shape index (κ2) is 6.97. The second-order valence-electron chi connectivity index (χ2n) is 4.19. The van der Waals surface area contributed by atoms with Crippen molar-refractivity contribution in [3.8, 4) is 5.88 Å². The summed E-state index contributed by atoms with van der Waals surface area (Å²) >= 11 is 0. The lowest BCUT2D eigenvalue weighted by Gasteiger charge is -2.10. The standard InChI is InChI=1S/C12H15N3O4.ClH/c1-7-2-3-9-10(4-7)19-15-11(9)17-5-8(13)6-18-12(14)16;/h2-4,8H,5-6,13H2,1H3,(H2,14,16);1H. The Bertz CT molecular complexity index is 587. The van der Waals surface area contributed by atoms with Crippen LogP contribution in [0.1, 0.15) is 5.56 Å². The van der Waals surface area contributed by atoms with Gasteiger partial charge >= 0.3 is 6.09 Å². The number of benzene rings is 1. The van der Waals surface area contributed by atoms with Crippen molar-refractivity contribution in [2.24, 2.45) is 11.5 Å². The molecule has 20 heavy (non-hydrogen) atoms. The summed E-state index contributed by atoms with van der Waals surface area (Å²) in [6.45, 7) is 2.09. The van der Waals surface area contributed by atoms with E-state index in [9.17, 15) is 4.79 Å². The topological polar surface area (TPSA) is 114 Å². The fraction of sp³-hybridized carbons (Fsp3) is 0.333. The lowest BCUT2D eigenvalue weighted by atomic mass is 10.2. The van der Waals surface area contributed by atoms with Gasteiger partial charge in [-0.25, -0.2) is 4.79 Å². The van der Waals surface area contributed by atoms with Crippen LogP contribution in [0.4, 0.5) is 4.79 Å². The van der Waals surface area contributed by atoms with Crippen molar-refractivity contribution in [2.75, 3.05) is 13.2 Å². The van der Waals surface area contributed by atoms with Crippen molar-refractivity contribution in [2.45, 2.75) is 13.0 Å². The van der Waals surface area contributed by atoms with Crippen LogP contribution in [0.5, 0.6) is 5.88 Å². The van der Waals surface area contributed by atoms with E-state index in [4.69, 9.17) is 20.7 Å². The van der Waals surface area contributed by atoms with E-state index in [1.54, 1.807) is 0 Å². The first kappa shape index (κ1) is 16.1. The number of nitrogens with zero attached hydrogens (tertiary/aromatic N) is 1. The van der Waals surface area contributed by atoms with E-state index < -0.39 is 12.1 Å². The number of ether oxygens (including phenoxy) is 2. The van der Waals surface area contributed by atoms with Crippen LogP contribution >= 0.6 is 12.4 Å². The van der Waals surface area contributed by atoms with Crippen LogP contribution in [0.15, 0.2) is 22.7 Å².